The molecule has 0 aliphatic carbocycles. The zero-order valence-electron chi connectivity index (χ0n) is 24.4. The number of aryl methyl sites for hydroxylation is 3. The van der Waals surface area contributed by atoms with Crippen molar-refractivity contribution < 1.29 is 46.0 Å². The number of rotatable bonds is 13. The Bertz CT molecular complexity index is 1530. The summed E-state index contributed by atoms with van der Waals surface area (Å²) in [6, 6.07) is 19.3. The van der Waals surface area contributed by atoms with Gasteiger partial charge in [-0.1, -0.05) is 58.2 Å². The van der Waals surface area contributed by atoms with Crippen LogP contribution in [0, 0.1) is 20.8 Å². The first-order valence-corrected chi connectivity index (χ1v) is 14.9. The summed E-state index contributed by atoms with van der Waals surface area (Å²) in [5.41, 5.74) is 3.17. The lowest BCUT2D eigenvalue weighted by Gasteiger charge is -2.30. The second-order valence-electron chi connectivity index (χ2n) is 9.71. The van der Waals surface area contributed by atoms with Crippen LogP contribution in [0.5, 0.6) is 0 Å². The van der Waals surface area contributed by atoms with E-state index in [9.17, 15) is 22.8 Å². The Morgan fingerprint density at radius 3 is 1.56 bits per heavy atom. The minimum atomic E-state index is -4.23. The van der Waals surface area contributed by atoms with Gasteiger partial charge in [-0.15, -0.1) is 0 Å². The largest absolute Gasteiger partial charge is 0.459 e. The number of carbonyl (C=O) groups is 3. The summed E-state index contributed by atoms with van der Waals surface area (Å²) in [6.07, 6.45) is -3.11. The maximum absolute atomic E-state index is 13.2. The van der Waals surface area contributed by atoms with Crippen molar-refractivity contribution in [3.8, 4) is 0 Å². The third kappa shape index (κ3) is 10.3. The molecule has 228 valence electrons. The summed E-state index contributed by atoms with van der Waals surface area (Å²) in [5, 5.41) is 3.67. The number of nitrogens with zero attached hydrogens (tertiary/aromatic N) is 1. The maximum Gasteiger partial charge on any atom is 0.338 e. The van der Waals surface area contributed by atoms with Gasteiger partial charge in [0, 0.05) is 0 Å². The van der Waals surface area contributed by atoms with Crippen LogP contribution in [0.4, 0.5) is 0 Å². The van der Waals surface area contributed by atoms with Gasteiger partial charge in [0.05, 0.1) is 29.2 Å². The molecule has 0 amide bonds. The van der Waals surface area contributed by atoms with Gasteiger partial charge in [-0.25, -0.2) is 14.4 Å². The molecule has 0 saturated heterocycles. The van der Waals surface area contributed by atoms with Crippen LogP contribution < -0.4 is 0 Å². The Balaban J connectivity index is 2.01. The number of benzene rings is 3. The summed E-state index contributed by atoms with van der Waals surface area (Å²) in [5.74, 6) is -2.51. The second-order valence-corrected chi connectivity index (χ2v) is 11.3. The van der Waals surface area contributed by atoms with Crippen molar-refractivity contribution >= 4 is 34.2 Å². The van der Waals surface area contributed by atoms with Crippen LogP contribution in [-0.2, 0) is 33.3 Å². The monoisotopic (exact) mass is 611 g/mol. The van der Waals surface area contributed by atoms with Gasteiger partial charge in [0.2, 0.25) is 0 Å². The predicted molar refractivity (Wildman–Crippen MR) is 157 cm³/mol. The molecule has 12 heteroatoms. The zero-order valence-corrected chi connectivity index (χ0v) is 25.2. The molecular formula is C31H33NO10S. The van der Waals surface area contributed by atoms with Crippen molar-refractivity contribution in [2.45, 2.75) is 39.1 Å². The van der Waals surface area contributed by atoms with Gasteiger partial charge in [-0.3, -0.25) is 4.18 Å². The van der Waals surface area contributed by atoms with E-state index in [-0.39, 0.29) is 16.7 Å². The van der Waals surface area contributed by atoms with E-state index in [0.29, 0.717) is 0 Å². The SMILES string of the molecule is CON=CC(OC(=O)c1ccc(C)cc1)C(OC(=O)c1ccc(C)cc1)C(COC(=O)c1ccc(C)cc1)OS(C)(=O)=O. The van der Waals surface area contributed by atoms with Crippen LogP contribution in [0.1, 0.15) is 47.8 Å². The Labute approximate surface area is 250 Å². The lowest BCUT2D eigenvalue weighted by Crippen LogP contribution is -2.48. The van der Waals surface area contributed by atoms with Gasteiger partial charge >= 0.3 is 17.9 Å². The minimum Gasteiger partial charge on any atom is -0.459 e. The van der Waals surface area contributed by atoms with E-state index in [1.807, 2.05) is 20.8 Å². The van der Waals surface area contributed by atoms with Gasteiger partial charge in [0.15, 0.2) is 18.3 Å². The van der Waals surface area contributed by atoms with Crippen LogP contribution >= 0.6 is 0 Å². The zero-order chi connectivity index (χ0) is 31.6. The van der Waals surface area contributed by atoms with E-state index in [1.54, 1.807) is 36.4 Å². The number of oxime groups is 1. The molecule has 3 aromatic rings. The number of hydrogen-bond acceptors (Lipinski definition) is 11. The van der Waals surface area contributed by atoms with Crippen LogP contribution in [0.15, 0.2) is 78.0 Å². The summed E-state index contributed by atoms with van der Waals surface area (Å²) in [6.45, 7) is 4.82. The third-order valence-corrected chi connectivity index (χ3v) is 6.63. The fraction of sp³-hybridized carbons (Fsp3) is 0.290. The van der Waals surface area contributed by atoms with E-state index in [1.165, 1.54) is 43.5 Å². The molecule has 43 heavy (non-hydrogen) atoms. The summed E-state index contributed by atoms with van der Waals surface area (Å²) >= 11 is 0. The van der Waals surface area contributed by atoms with Gasteiger partial charge in [-0.2, -0.15) is 8.42 Å². The summed E-state index contributed by atoms with van der Waals surface area (Å²) in [7, 11) is -3.00. The summed E-state index contributed by atoms with van der Waals surface area (Å²) in [4.78, 5) is 43.9. The fourth-order valence-corrected chi connectivity index (χ4v) is 4.37. The molecule has 3 rings (SSSR count). The molecule has 0 heterocycles. The Hall–Kier alpha value is -4.55. The molecule has 3 unspecified atom stereocenters. The lowest BCUT2D eigenvalue weighted by molar-refractivity contribution is -0.0683. The lowest BCUT2D eigenvalue weighted by atomic mass is 10.1. The molecule has 0 aliphatic heterocycles. The topological polar surface area (TPSA) is 144 Å². The van der Waals surface area contributed by atoms with Crippen LogP contribution in [0.25, 0.3) is 0 Å². The molecule has 0 bridgehead atoms. The molecule has 3 aromatic carbocycles. The third-order valence-electron chi connectivity index (χ3n) is 6.03. The number of carbonyl (C=O) groups excluding carboxylic acids is 3. The highest BCUT2D eigenvalue weighted by atomic mass is 32.2. The van der Waals surface area contributed by atoms with Crippen LogP contribution in [0.2, 0.25) is 0 Å². The van der Waals surface area contributed by atoms with Crippen molar-refractivity contribution in [2.75, 3.05) is 20.0 Å². The van der Waals surface area contributed by atoms with Crippen LogP contribution in [-0.4, -0.2) is 70.8 Å². The average Bonchev–Trinajstić information content (AvgIpc) is 2.96. The van der Waals surface area contributed by atoms with E-state index in [2.05, 4.69) is 5.16 Å². The molecule has 0 aliphatic rings. The number of ether oxygens (including phenoxy) is 3. The first-order chi connectivity index (χ1) is 20.4. The first-order valence-electron chi connectivity index (χ1n) is 13.1. The van der Waals surface area contributed by atoms with E-state index in [0.717, 1.165) is 29.2 Å². The Kier molecular flexibility index (Phi) is 11.6. The molecule has 3 atom stereocenters. The van der Waals surface area contributed by atoms with Crippen molar-refractivity contribution in [1.29, 1.82) is 0 Å². The molecule has 0 fully saturated rings. The normalized spacial score (nSPS) is 13.5. The van der Waals surface area contributed by atoms with Crippen molar-refractivity contribution in [3.05, 3.63) is 106 Å². The van der Waals surface area contributed by atoms with E-state index in [4.69, 9.17) is 23.2 Å². The number of esters is 3. The maximum atomic E-state index is 13.2. The van der Waals surface area contributed by atoms with Crippen molar-refractivity contribution in [1.82, 2.24) is 0 Å². The molecule has 11 nitrogen and oxygen atoms in total. The molecule has 0 radical (unpaired) electrons. The molecule has 0 N–H and O–H groups in total. The molecule has 0 aromatic heterocycles. The van der Waals surface area contributed by atoms with Gasteiger partial charge < -0.3 is 19.0 Å². The molecular weight excluding hydrogens is 578 g/mol. The van der Waals surface area contributed by atoms with Gasteiger partial charge in [0.25, 0.3) is 10.1 Å². The van der Waals surface area contributed by atoms with Gasteiger partial charge in [0.1, 0.15) is 13.7 Å². The quantitative estimate of drug-likeness (QED) is 0.0907. The van der Waals surface area contributed by atoms with Crippen molar-refractivity contribution in [3.63, 3.8) is 0 Å². The van der Waals surface area contributed by atoms with Crippen LogP contribution in [0.3, 0.4) is 0 Å². The highest BCUT2D eigenvalue weighted by molar-refractivity contribution is 7.86. The average molecular weight is 612 g/mol. The Morgan fingerprint density at radius 1 is 0.721 bits per heavy atom. The summed E-state index contributed by atoms with van der Waals surface area (Å²) < 4.78 is 46.6. The first kappa shape index (κ1) is 33.0. The molecule has 0 spiro atoms. The standard InChI is InChI=1S/C31H33NO10S/c1-20-6-12-23(13-7-20)29(33)39-19-27(42-43(5,36)37)28(41-31(35)25-16-10-22(3)11-17-25)26(18-32-38-4)40-30(34)24-14-8-21(2)9-15-24/h6-18,26-28H,19H2,1-5H3. The highest BCUT2D eigenvalue weighted by Gasteiger charge is 2.39. The minimum absolute atomic E-state index is 0.123. The second kappa shape index (κ2) is 15.1. The van der Waals surface area contributed by atoms with E-state index >= 15 is 0 Å². The van der Waals surface area contributed by atoms with Gasteiger partial charge in [-0.05, 0) is 57.2 Å². The predicted octanol–water partition coefficient (Wildman–Crippen LogP) is 4.20. The smallest absolute Gasteiger partial charge is 0.338 e. The fourth-order valence-electron chi connectivity index (χ4n) is 3.75. The van der Waals surface area contributed by atoms with Crippen molar-refractivity contribution in [2.24, 2.45) is 5.16 Å². The highest BCUT2D eigenvalue weighted by Crippen LogP contribution is 2.20. The Morgan fingerprint density at radius 2 is 1.14 bits per heavy atom. The molecule has 0 saturated carbocycles. The number of hydrogen-bond donors (Lipinski definition) is 0. The van der Waals surface area contributed by atoms with E-state index < -0.39 is 52.9 Å².